The smallest absolute Gasteiger partial charge is 0.128 e. The highest BCUT2D eigenvalue weighted by Crippen LogP contribution is 2.24. The molecule has 0 spiro atoms. The fourth-order valence-electron chi connectivity index (χ4n) is 2.43. The Morgan fingerprint density at radius 1 is 1.25 bits per heavy atom. The quantitative estimate of drug-likeness (QED) is 0.883. The summed E-state index contributed by atoms with van der Waals surface area (Å²) < 4.78 is 13.9. The maximum absolute atomic E-state index is 13.9. The lowest BCUT2D eigenvalue weighted by atomic mass is 10.0. The van der Waals surface area contributed by atoms with Crippen LogP contribution in [0.5, 0.6) is 0 Å². The topological polar surface area (TPSA) is 29.3 Å². The molecule has 0 bridgehead atoms. The fraction of sp³-hybridized carbons (Fsp3) is 0.375. The molecule has 1 aromatic carbocycles. The van der Waals surface area contributed by atoms with Gasteiger partial charge in [-0.2, -0.15) is 0 Å². The molecule has 2 aromatic rings. The molecule has 2 rings (SSSR count). The van der Waals surface area contributed by atoms with E-state index < -0.39 is 0 Å². The van der Waals surface area contributed by atoms with Crippen molar-refractivity contribution in [2.45, 2.75) is 25.4 Å². The summed E-state index contributed by atoms with van der Waals surface area (Å²) in [4.78, 5) is 3.51. The highest BCUT2D eigenvalue weighted by molar-refractivity contribution is 7.09. The number of nitrogens with zero attached hydrogens (tertiary/aromatic N) is 1. The van der Waals surface area contributed by atoms with E-state index in [1.54, 1.807) is 17.4 Å². The molecule has 0 aliphatic heterocycles. The molecule has 0 saturated carbocycles. The molecule has 0 aliphatic carbocycles. The second-order valence-corrected chi connectivity index (χ2v) is 6.10. The Morgan fingerprint density at radius 2 is 2.00 bits per heavy atom. The highest BCUT2D eigenvalue weighted by Gasteiger charge is 2.22. The SMILES string of the molecule is CC(Cc1cccs1)N(C)C(CN)c1ccccc1F. The molecule has 0 aliphatic rings. The maximum Gasteiger partial charge on any atom is 0.128 e. The van der Waals surface area contributed by atoms with Gasteiger partial charge < -0.3 is 5.73 Å². The predicted octanol–water partition coefficient (Wildman–Crippen LogP) is 3.45. The average Bonchev–Trinajstić information content (AvgIpc) is 2.94. The monoisotopic (exact) mass is 292 g/mol. The van der Waals surface area contributed by atoms with Crippen LogP contribution in [0.3, 0.4) is 0 Å². The minimum Gasteiger partial charge on any atom is -0.329 e. The first-order valence-corrected chi connectivity index (χ1v) is 7.70. The Kier molecular flexibility index (Phi) is 5.29. The van der Waals surface area contributed by atoms with Crippen molar-refractivity contribution >= 4 is 11.3 Å². The van der Waals surface area contributed by atoms with Crippen molar-refractivity contribution < 1.29 is 4.39 Å². The lowest BCUT2D eigenvalue weighted by Crippen LogP contribution is -2.38. The first-order chi connectivity index (χ1) is 9.63. The highest BCUT2D eigenvalue weighted by atomic mass is 32.1. The van der Waals surface area contributed by atoms with Gasteiger partial charge in [0.25, 0.3) is 0 Å². The van der Waals surface area contributed by atoms with Crippen molar-refractivity contribution in [3.63, 3.8) is 0 Å². The number of benzene rings is 1. The van der Waals surface area contributed by atoms with Crippen LogP contribution in [0.2, 0.25) is 0 Å². The molecule has 108 valence electrons. The Balaban J connectivity index is 2.12. The van der Waals surface area contributed by atoms with Crippen molar-refractivity contribution in [2.75, 3.05) is 13.6 Å². The van der Waals surface area contributed by atoms with Crippen LogP contribution < -0.4 is 5.73 Å². The average molecular weight is 292 g/mol. The molecule has 0 saturated heterocycles. The van der Waals surface area contributed by atoms with Crippen molar-refractivity contribution in [3.8, 4) is 0 Å². The zero-order chi connectivity index (χ0) is 14.5. The van der Waals surface area contributed by atoms with E-state index in [-0.39, 0.29) is 11.9 Å². The van der Waals surface area contributed by atoms with E-state index in [4.69, 9.17) is 5.73 Å². The Morgan fingerprint density at radius 3 is 2.60 bits per heavy atom. The van der Waals surface area contributed by atoms with Gasteiger partial charge in [0.2, 0.25) is 0 Å². The summed E-state index contributed by atoms with van der Waals surface area (Å²) in [5, 5.41) is 2.08. The second kappa shape index (κ2) is 6.97. The maximum atomic E-state index is 13.9. The molecule has 2 N–H and O–H groups in total. The lowest BCUT2D eigenvalue weighted by Gasteiger charge is -2.32. The van der Waals surface area contributed by atoms with Crippen LogP contribution in [-0.2, 0) is 6.42 Å². The van der Waals surface area contributed by atoms with Gasteiger partial charge in [0.05, 0.1) is 0 Å². The zero-order valence-corrected chi connectivity index (χ0v) is 12.7. The van der Waals surface area contributed by atoms with Crippen LogP contribution in [0, 0.1) is 5.82 Å². The van der Waals surface area contributed by atoms with Crippen LogP contribution in [0.1, 0.15) is 23.4 Å². The third-order valence-corrected chi connectivity index (χ3v) is 4.65. The largest absolute Gasteiger partial charge is 0.329 e. The molecule has 0 amide bonds. The molecular formula is C16H21FN2S. The van der Waals surface area contributed by atoms with Crippen LogP contribution >= 0.6 is 11.3 Å². The summed E-state index contributed by atoms with van der Waals surface area (Å²) in [6.07, 6.45) is 0.957. The molecule has 1 heterocycles. The van der Waals surface area contributed by atoms with E-state index in [1.807, 2.05) is 19.2 Å². The Labute approximate surface area is 124 Å². The number of halogens is 1. The molecule has 20 heavy (non-hydrogen) atoms. The van der Waals surface area contributed by atoms with Crippen molar-refractivity contribution in [2.24, 2.45) is 5.73 Å². The number of hydrogen-bond acceptors (Lipinski definition) is 3. The third kappa shape index (κ3) is 3.45. The molecular weight excluding hydrogens is 271 g/mol. The van der Waals surface area contributed by atoms with Gasteiger partial charge in [-0.05, 0) is 37.9 Å². The van der Waals surface area contributed by atoms with Gasteiger partial charge in [-0.3, -0.25) is 4.90 Å². The van der Waals surface area contributed by atoms with Gasteiger partial charge in [-0.25, -0.2) is 4.39 Å². The zero-order valence-electron chi connectivity index (χ0n) is 11.9. The van der Waals surface area contributed by atoms with E-state index >= 15 is 0 Å². The van der Waals surface area contributed by atoms with Gasteiger partial charge in [0.1, 0.15) is 5.82 Å². The van der Waals surface area contributed by atoms with E-state index in [0.29, 0.717) is 18.2 Å². The van der Waals surface area contributed by atoms with Gasteiger partial charge in [-0.15, -0.1) is 11.3 Å². The lowest BCUT2D eigenvalue weighted by molar-refractivity contribution is 0.185. The van der Waals surface area contributed by atoms with E-state index in [1.165, 1.54) is 10.9 Å². The number of thiophene rings is 1. The predicted molar refractivity (Wildman–Crippen MR) is 83.4 cm³/mol. The summed E-state index contributed by atoms with van der Waals surface area (Å²) in [5.74, 6) is -0.182. The summed E-state index contributed by atoms with van der Waals surface area (Å²) in [7, 11) is 2.02. The Hall–Kier alpha value is -1.23. The molecule has 2 unspecified atom stereocenters. The minimum absolute atomic E-state index is 0.0915. The van der Waals surface area contributed by atoms with Crippen molar-refractivity contribution in [3.05, 3.63) is 58.0 Å². The molecule has 0 fully saturated rings. The number of likely N-dealkylation sites (N-methyl/N-ethyl adjacent to an activating group) is 1. The minimum atomic E-state index is -0.182. The number of nitrogens with two attached hydrogens (primary N) is 1. The summed E-state index contributed by atoms with van der Waals surface area (Å²) in [6, 6.07) is 11.3. The van der Waals surface area contributed by atoms with Gasteiger partial charge >= 0.3 is 0 Å². The normalized spacial score (nSPS) is 14.4. The van der Waals surface area contributed by atoms with E-state index in [2.05, 4.69) is 29.3 Å². The first kappa shape index (κ1) is 15.2. The molecule has 0 radical (unpaired) electrons. The van der Waals surface area contributed by atoms with Crippen molar-refractivity contribution in [1.29, 1.82) is 0 Å². The fourth-order valence-corrected chi connectivity index (χ4v) is 3.26. The molecule has 4 heteroatoms. The van der Waals surface area contributed by atoms with Crippen LogP contribution in [-0.4, -0.2) is 24.5 Å². The second-order valence-electron chi connectivity index (χ2n) is 5.07. The molecule has 1 aromatic heterocycles. The van der Waals surface area contributed by atoms with Gasteiger partial charge in [0, 0.05) is 29.1 Å². The van der Waals surface area contributed by atoms with Crippen molar-refractivity contribution in [1.82, 2.24) is 4.90 Å². The standard InChI is InChI=1S/C16H21FN2S/c1-12(10-13-6-5-9-20-13)19(2)16(11-18)14-7-3-4-8-15(14)17/h3-9,12,16H,10-11,18H2,1-2H3. The van der Waals surface area contributed by atoms with E-state index in [0.717, 1.165) is 6.42 Å². The van der Waals surface area contributed by atoms with Crippen LogP contribution in [0.25, 0.3) is 0 Å². The summed E-state index contributed by atoms with van der Waals surface area (Å²) in [6.45, 7) is 2.56. The third-order valence-electron chi connectivity index (χ3n) is 3.75. The first-order valence-electron chi connectivity index (χ1n) is 6.82. The Bertz CT molecular complexity index is 527. The molecule has 2 nitrogen and oxygen atoms in total. The van der Waals surface area contributed by atoms with Gasteiger partial charge in [0.15, 0.2) is 0 Å². The van der Waals surface area contributed by atoms with Crippen LogP contribution in [0.4, 0.5) is 4.39 Å². The summed E-state index contributed by atoms with van der Waals surface area (Å²) >= 11 is 1.75. The van der Waals surface area contributed by atoms with Gasteiger partial charge in [-0.1, -0.05) is 24.3 Å². The van der Waals surface area contributed by atoms with E-state index in [9.17, 15) is 4.39 Å². The van der Waals surface area contributed by atoms with Crippen LogP contribution in [0.15, 0.2) is 41.8 Å². The summed E-state index contributed by atoms with van der Waals surface area (Å²) in [5.41, 5.74) is 6.56. The molecule has 2 atom stereocenters. The number of hydrogen-bond donors (Lipinski definition) is 1. The number of rotatable bonds is 6.